The Kier molecular flexibility index (Phi) is 9.71. The predicted molar refractivity (Wildman–Crippen MR) is 152 cm³/mol. The van der Waals surface area contributed by atoms with Crippen LogP contribution in [-0.2, 0) is 19.5 Å². The van der Waals surface area contributed by atoms with Gasteiger partial charge in [0, 0.05) is 26.2 Å². The van der Waals surface area contributed by atoms with Crippen LogP contribution in [-0.4, -0.2) is 58.6 Å². The Morgan fingerprint density at radius 1 is 1.15 bits per heavy atom. The van der Waals surface area contributed by atoms with E-state index in [1.807, 2.05) is 0 Å². The summed E-state index contributed by atoms with van der Waals surface area (Å²) in [6.07, 6.45) is -1.87. The van der Waals surface area contributed by atoms with Gasteiger partial charge in [-0.25, -0.2) is 22.4 Å². The highest BCUT2D eigenvalue weighted by atomic mass is 35.5. The quantitative estimate of drug-likeness (QED) is 0.321. The number of nitrogens with zero attached hydrogens (tertiary/aromatic N) is 3. The number of carbonyl (C=O) groups excluding carboxylic acids is 2. The second-order valence-corrected chi connectivity index (χ2v) is 11.9. The van der Waals surface area contributed by atoms with Crippen LogP contribution in [0, 0.1) is 12.7 Å². The maximum absolute atomic E-state index is 15.5. The molecule has 0 aliphatic heterocycles. The second-order valence-electron chi connectivity index (χ2n) is 9.76. The van der Waals surface area contributed by atoms with E-state index in [-0.39, 0.29) is 27.4 Å². The summed E-state index contributed by atoms with van der Waals surface area (Å²) in [6.45, 7) is 6.58. The first-order valence-electron chi connectivity index (χ1n) is 12.3. The van der Waals surface area contributed by atoms with E-state index in [2.05, 4.69) is 15.8 Å². The van der Waals surface area contributed by atoms with Crippen molar-refractivity contribution in [3.63, 3.8) is 0 Å². The number of aryl methyl sites for hydroxylation is 1. The largest absolute Gasteiger partial charge is 0.448 e. The molecule has 1 aromatic heterocycles. The van der Waals surface area contributed by atoms with Gasteiger partial charge in [-0.3, -0.25) is 0 Å². The van der Waals surface area contributed by atoms with Crippen LogP contribution in [0.4, 0.5) is 36.9 Å². The average Bonchev–Trinajstić information content (AvgIpc) is 3.29. The lowest BCUT2D eigenvalue weighted by molar-refractivity contribution is 0.0607. The summed E-state index contributed by atoms with van der Waals surface area (Å²) >= 11 is 6.42. The van der Waals surface area contributed by atoms with Crippen LogP contribution >= 0.6 is 11.6 Å². The fourth-order valence-electron chi connectivity index (χ4n) is 3.51. The molecule has 0 bridgehead atoms. The van der Waals surface area contributed by atoms with Gasteiger partial charge in [0.2, 0.25) is 0 Å². The first-order valence-corrected chi connectivity index (χ1v) is 14.1. The third-order valence-electron chi connectivity index (χ3n) is 5.37. The van der Waals surface area contributed by atoms with E-state index in [4.69, 9.17) is 25.6 Å². The Morgan fingerprint density at radius 3 is 2.44 bits per heavy atom. The number of carbonyl (C=O) groups is 2. The number of halogens is 2. The number of likely N-dealkylation sites (N-methyl/N-ethyl adjacent to an activating group) is 1. The van der Waals surface area contributed by atoms with Crippen molar-refractivity contribution in [1.82, 2.24) is 10.5 Å². The molecule has 0 unspecified atom stereocenters. The Morgan fingerprint density at radius 2 is 1.83 bits per heavy atom. The zero-order chi connectivity index (χ0) is 30.5. The number of nitrogens with one attached hydrogen (secondary N) is 2. The van der Waals surface area contributed by atoms with E-state index in [0.717, 1.165) is 12.1 Å². The van der Waals surface area contributed by atoms with Crippen LogP contribution in [0.15, 0.2) is 51.9 Å². The minimum Gasteiger partial charge on any atom is -0.448 e. The van der Waals surface area contributed by atoms with Crippen molar-refractivity contribution < 1.29 is 36.4 Å². The van der Waals surface area contributed by atoms with E-state index in [1.54, 1.807) is 57.0 Å². The van der Waals surface area contributed by atoms with E-state index in [9.17, 15) is 18.0 Å². The molecule has 3 aromatic rings. The molecule has 2 amide bonds. The maximum Gasteiger partial charge on any atom is 0.430 e. The van der Waals surface area contributed by atoms with Crippen molar-refractivity contribution in [3.8, 4) is 0 Å². The number of alkyl carbamates (subject to hydrolysis) is 1. The lowest BCUT2D eigenvalue weighted by Gasteiger charge is -2.25. The first kappa shape index (κ1) is 31.5. The molecule has 15 heteroatoms. The van der Waals surface area contributed by atoms with Gasteiger partial charge in [-0.15, -0.1) is 4.31 Å². The lowest BCUT2D eigenvalue weighted by Crippen LogP contribution is -2.41. The average molecular weight is 612 g/mol. The van der Waals surface area contributed by atoms with E-state index >= 15 is 4.39 Å². The zero-order valence-electron chi connectivity index (χ0n) is 23.3. The smallest absolute Gasteiger partial charge is 0.430 e. The molecule has 222 valence electrons. The molecular formula is C26H31ClFN5O7S. The lowest BCUT2D eigenvalue weighted by atomic mass is 10.2. The first-order chi connectivity index (χ1) is 19.1. The summed E-state index contributed by atoms with van der Waals surface area (Å²) in [5.74, 6) is -1.38. The van der Waals surface area contributed by atoms with Crippen LogP contribution in [0.1, 0.15) is 26.5 Å². The van der Waals surface area contributed by atoms with Gasteiger partial charge in [0.1, 0.15) is 28.7 Å². The molecule has 0 spiro atoms. The minimum atomic E-state index is -4.90. The molecule has 41 heavy (non-hydrogen) atoms. The van der Waals surface area contributed by atoms with Crippen LogP contribution in [0.2, 0.25) is 5.02 Å². The Hall–Kier alpha value is -4.04. The van der Waals surface area contributed by atoms with Gasteiger partial charge in [-0.05, 0) is 45.9 Å². The normalized spacial score (nSPS) is 11.5. The molecular weight excluding hydrogens is 581 g/mol. The number of benzene rings is 2. The predicted octanol–water partition coefficient (Wildman–Crippen LogP) is 5.44. The van der Waals surface area contributed by atoms with Gasteiger partial charge in [-0.1, -0.05) is 28.9 Å². The van der Waals surface area contributed by atoms with Crippen LogP contribution in [0.5, 0.6) is 0 Å². The number of aromatic nitrogens is 1. The monoisotopic (exact) mass is 611 g/mol. The molecule has 0 aliphatic carbocycles. The molecule has 12 nitrogen and oxygen atoms in total. The molecule has 2 N–H and O–H groups in total. The molecule has 0 radical (unpaired) electrons. The molecule has 1 heterocycles. The number of para-hydroxylation sites is 2. The molecule has 3 rings (SSSR count). The molecule has 0 aliphatic rings. The molecule has 0 atom stereocenters. The topological polar surface area (TPSA) is 143 Å². The van der Waals surface area contributed by atoms with Gasteiger partial charge >= 0.3 is 12.2 Å². The SMILES string of the molecule is CNC(=O)OCCN(C)c1ccccc1Nc1cc(F)c(S(=O)(=O)N(C(=O)OC(C)(C)C)c2cc(C)on2)cc1Cl. The highest BCUT2D eigenvalue weighted by Crippen LogP contribution is 2.36. The third-order valence-corrected chi connectivity index (χ3v) is 7.37. The minimum absolute atomic E-state index is 0.0617. The van der Waals surface area contributed by atoms with Crippen LogP contribution in [0.3, 0.4) is 0 Å². The standard InChI is InChI=1S/C26H31ClFN5O7S/c1-16-13-23(31-40-16)33(25(35)39-26(2,3)4)41(36,37)22-14-17(27)20(15-18(22)28)30-19-9-7-8-10-21(19)32(6)11-12-38-24(34)29-5/h7-10,13-15,30H,11-12H2,1-6H3,(H,29,34). The van der Waals surface area contributed by atoms with Crippen LogP contribution < -0.4 is 19.8 Å². The van der Waals surface area contributed by atoms with Crippen molar-refractivity contribution >= 4 is 56.7 Å². The van der Waals surface area contributed by atoms with Crippen molar-refractivity contribution in [2.75, 3.05) is 41.8 Å². The zero-order valence-corrected chi connectivity index (χ0v) is 24.9. The van der Waals surface area contributed by atoms with Gasteiger partial charge in [0.25, 0.3) is 10.0 Å². The maximum atomic E-state index is 15.5. The number of hydrogen-bond donors (Lipinski definition) is 2. The summed E-state index contributed by atoms with van der Waals surface area (Å²) in [5, 5.41) is 8.84. The van der Waals surface area contributed by atoms with Gasteiger partial charge in [-0.2, -0.15) is 0 Å². The van der Waals surface area contributed by atoms with E-state index in [0.29, 0.717) is 17.9 Å². The summed E-state index contributed by atoms with van der Waals surface area (Å²) < 4.78 is 58.1. The van der Waals surface area contributed by atoms with Crippen molar-refractivity contribution in [2.24, 2.45) is 0 Å². The van der Waals surface area contributed by atoms with E-state index < -0.39 is 44.3 Å². The number of sulfonamides is 1. The summed E-state index contributed by atoms with van der Waals surface area (Å²) in [4.78, 5) is 25.2. The Balaban J connectivity index is 1.95. The van der Waals surface area contributed by atoms with Gasteiger partial charge in [0.05, 0.1) is 28.6 Å². The van der Waals surface area contributed by atoms with E-state index in [1.165, 1.54) is 20.0 Å². The number of anilines is 4. The Labute approximate surface area is 242 Å². The van der Waals surface area contributed by atoms with Gasteiger partial charge in [0.15, 0.2) is 5.82 Å². The van der Waals surface area contributed by atoms with Crippen molar-refractivity contribution in [2.45, 2.75) is 38.2 Å². The summed E-state index contributed by atoms with van der Waals surface area (Å²) in [6, 6.07) is 10.0. The Bertz CT molecular complexity index is 1520. The highest BCUT2D eigenvalue weighted by Gasteiger charge is 2.39. The number of ether oxygens (including phenoxy) is 2. The number of amides is 2. The number of hydrogen-bond acceptors (Lipinski definition) is 10. The summed E-state index contributed by atoms with van der Waals surface area (Å²) in [7, 11) is -1.68. The molecule has 0 fully saturated rings. The van der Waals surface area contributed by atoms with Crippen LogP contribution in [0.25, 0.3) is 0 Å². The molecule has 0 saturated heterocycles. The highest BCUT2D eigenvalue weighted by molar-refractivity contribution is 7.93. The van der Waals surface area contributed by atoms with Gasteiger partial charge < -0.3 is 29.5 Å². The van der Waals surface area contributed by atoms with Crippen molar-refractivity contribution in [1.29, 1.82) is 0 Å². The summed E-state index contributed by atoms with van der Waals surface area (Å²) in [5.41, 5.74) is 0.175. The fraction of sp³-hybridized carbons (Fsp3) is 0.346. The second kappa shape index (κ2) is 12.6. The third kappa shape index (κ3) is 7.79. The van der Waals surface area contributed by atoms with Crippen molar-refractivity contribution in [3.05, 3.63) is 59.1 Å². The number of rotatable bonds is 9. The molecule has 0 saturated carbocycles. The molecule has 2 aromatic carbocycles. The fourth-order valence-corrected chi connectivity index (χ4v) is 5.12.